The smallest absolute Gasteiger partial charge is 0.241 e. The van der Waals surface area contributed by atoms with Crippen LogP contribution in [0, 0.1) is 12.3 Å². The number of sulfone groups is 1. The fraction of sp³-hybridized carbons (Fsp3) is 0.526. The number of primary amides is 1. The molecule has 1 aliphatic rings. The maximum Gasteiger partial charge on any atom is 0.241 e. The predicted octanol–water partition coefficient (Wildman–Crippen LogP) is 1.65. The van der Waals surface area contributed by atoms with Gasteiger partial charge in [0.05, 0.1) is 4.90 Å². The Balaban J connectivity index is 1.86. The molecule has 8 heteroatoms. The Morgan fingerprint density at radius 2 is 1.96 bits per heavy atom. The Kier molecular flexibility index (Phi) is 7.65. The van der Waals surface area contributed by atoms with Gasteiger partial charge in [-0.15, -0.1) is 0 Å². The average Bonchev–Trinajstić information content (AvgIpc) is 2.63. The molecule has 1 aromatic carbocycles. The second kappa shape index (κ2) is 9.73. The highest BCUT2D eigenvalue weighted by atomic mass is 32.2. The van der Waals surface area contributed by atoms with Crippen LogP contribution in [0.2, 0.25) is 0 Å². The molecule has 1 atom stereocenters. The van der Waals surface area contributed by atoms with E-state index < -0.39 is 21.8 Å². The van der Waals surface area contributed by atoms with Gasteiger partial charge in [-0.1, -0.05) is 38.2 Å². The molecule has 27 heavy (non-hydrogen) atoms. The maximum absolute atomic E-state index is 12.1. The third kappa shape index (κ3) is 7.21. The Labute approximate surface area is 161 Å². The monoisotopic (exact) mass is 394 g/mol. The molecule has 1 radical (unpaired) electrons. The highest BCUT2D eigenvalue weighted by molar-refractivity contribution is 7.90. The first-order valence-corrected chi connectivity index (χ1v) is 11.1. The van der Waals surface area contributed by atoms with E-state index in [9.17, 15) is 18.0 Å². The lowest BCUT2D eigenvalue weighted by atomic mass is 9.86. The molecule has 0 saturated heterocycles. The molecule has 0 aromatic heterocycles. The molecule has 0 unspecified atom stereocenters. The second-order valence-electron chi connectivity index (χ2n) is 7.09. The SMILES string of the molecule is CS(=O)(=O)c1cccc(NC[C@H](NC(=O)[CH]CC2CCCCC2)C(N)=O)c1. The van der Waals surface area contributed by atoms with Crippen molar-refractivity contribution in [1.82, 2.24) is 5.32 Å². The van der Waals surface area contributed by atoms with Crippen LogP contribution in [0.15, 0.2) is 29.2 Å². The van der Waals surface area contributed by atoms with Crippen molar-refractivity contribution in [3.8, 4) is 0 Å². The molecule has 1 saturated carbocycles. The van der Waals surface area contributed by atoms with Crippen LogP contribution < -0.4 is 16.4 Å². The molecule has 1 aromatic rings. The third-order valence-electron chi connectivity index (χ3n) is 4.79. The zero-order valence-electron chi connectivity index (χ0n) is 15.6. The lowest BCUT2D eigenvalue weighted by molar-refractivity contribution is -0.125. The number of nitrogens with one attached hydrogen (secondary N) is 2. The number of hydrogen-bond acceptors (Lipinski definition) is 5. The molecule has 1 aliphatic carbocycles. The molecule has 4 N–H and O–H groups in total. The summed E-state index contributed by atoms with van der Waals surface area (Å²) in [5, 5.41) is 5.58. The van der Waals surface area contributed by atoms with Crippen LogP contribution in [-0.2, 0) is 19.4 Å². The molecule has 0 heterocycles. The first-order chi connectivity index (χ1) is 12.8. The first kappa shape index (κ1) is 21.2. The fourth-order valence-electron chi connectivity index (χ4n) is 3.21. The van der Waals surface area contributed by atoms with E-state index in [0.29, 0.717) is 18.0 Å². The van der Waals surface area contributed by atoms with Gasteiger partial charge in [-0.3, -0.25) is 9.59 Å². The fourth-order valence-corrected chi connectivity index (χ4v) is 3.87. The molecule has 1 fully saturated rings. The van der Waals surface area contributed by atoms with Gasteiger partial charge in [0.1, 0.15) is 6.04 Å². The largest absolute Gasteiger partial charge is 0.382 e. The number of carbonyl (C=O) groups excluding carboxylic acids is 2. The van der Waals surface area contributed by atoms with Crippen molar-refractivity contribution in [2.75, 3.05) is 18.1 Å². The highest BCUT2D eigenvalue weighted by Gasteiger charge is 2.20. The number of amides is 2. The van der Waals surface area contributed by atoms with Crippen molar-refractivity contribution in [3.63, 3.8) is 0 Å². The first-order valence-electron chi connectivity index (χ1n) is 9.22. The quantitative estimate of drug-likeness (QED) is 0.588. The van der Waals surface area contributed by atoms with Crippen molar-refractivity contribution in [2.45, 2.75) is 49.5 Å². The molecule has 2 amide bonds. The van der Waals surface area contributed by atoms with E-state index >= 15 is 0 Å². The summed E-state index contributed by atoms with van der Waals surface area (Å²) in [4.78, 5) is 23.9. The van der Waals surface area contributed by atoms with Crippen LogP contribution in [0.25, 0.3) is 0 Å². The van der Waals surface area contributed by atoms with Gasteiger partial charge in [0.25, 0.3) is 0 Å². The number of nitrogens with two attached hydrogens (primary N) is 1. The summed E-state index contributed by atoms with van der Waals surface area (Å²) >= 11 is 0. The lowest BCUT2D eigenvalue weighted by Gasteiger charge is -2.22. The summed E-state index contributed by atoms with van der Waals surface area (Å²) in [5.74, 6) is -0.425. The summed E-state index contributed by atoms with van der Waals surface area (Å²) in [6.07, 6.45) is 9.39. The van der Waals surface area contributed by atoms with Crippen LogP contribution in [-0.4, -0.2) is 39.1 Å². The van der Waals surface area contributed by atoms with Gasteiger partial charge < -0.3 is 16.4 Å². The lowest BCUT2D eigenvalue weighted by Crippen LogP contribution is -2.48. The van der Waals surface area contributed by atoms with Crippen LogP contribution in [0.3, 0.4) is 0 Å². The molecular formula is C19H28N3O4S. The van der Waals surface area contributed by atoms with E-state index in [0.717, 1.165) is 19.1 Å². The van der Waals surface area contributed by atoms with Gasteiger partial charge in [-0.2, -0.15) is 0 Å². The van der Waals surface area contributed by atoms with Crippen LogP contribution in [0.1, 0.15) is 38.5 Å². The Hall–Kier alpha value is -2.09. The van der Waals surface area contributed by atoms with Crippen LogP contribution in [0.5, 0.6) is 0 Å². The van der Waals surface area contributed by atoms with Crippen molar-refractivity contribution < 1.29 is 18.0 Å². The van der Waals surface area contributed by atoms with Gasteiger partial charge in [0, 0.05) is 24.9 Å². The number of rotatable bonds is 9. The topological polar surface area (TPSA) is 118 Å². The van der Waals surface area contributed by atoms with Crippen molar-refractivity contribution >= 4 is 27.3 Å². The summed E-state index contributed by atoms with van der Waals surface area (Å²) in [7, 11) is -3.32. The maximum atomic E-state index is 12.1. The van der Waals surface area contributed by atoms with Crippen molar-refractivity contribution in [2.24, 2.45) is 11.7 Å². The molecule has 0 aliphatic heterocycles. The minimum atomic E-state index is -3.32. The normalized spacial score (nSPS) is 16.5. The van der Waals surface area contributed by atoms with E-state index in [1.807, 2.05) is 0 Å². The summed E-state index contributed by atoms with van der Waals surface area (Å²) in [6.45, 7) is 0.0750. The number of hydrogen-bond donors (Lipinski definition) is 3. The predicted molar refractivity (Wildman–Crippen MR) is 105 cm³/mol. The van der Waals surface area contributed by atoms with Crippen LogP contribution in [0.4, 0.5) is 5.69 Å². The summed E-state index contributed by atoms with van der Waals surface area (Å²) in [5.41, 5.74) is 5.92. The van der Waals surface area contributed by atoms with E-state index in [4.69, 9.17) is 5.73 Å². The highest BCUT2D eigenvalue weighted by Crippen LogP contribution is 2.26. The molecule has 149 valence electrons. The van der Waals surface area contributed by atoms with E-state index in [1.165, 1.54) is 31.4 Å². The third-order valence-corrected chi connectivity index (χ3v) is 5.90. The summed E-state index contributed by atoms with van der Waals surface area (Å²) in [6, 6.07) is 5.37. The zero-order valence-corrected chi connectivity index (χ0v) is 16.4. The number of anilines is 1. The van der Waals surface area contributed by atoms with E-state index in [-0.39, 0.29) is 17.3 Å². The van der Waals surface area contributed by atoms with Crippen molar-refractivity contribution in [1.29, 1.82) is 0 Å². The average molecular weight is 395 g/mol. The van der Waals surface area contributed by atoms with Gasteiger partial charge >= 0.3 is 0 Å². The standard InChI is InChI=1S/C19H28N3O4S/c1-27(25,26)16-9-5-8-15(12-16)21-13-17(19(20)24)22-18(23)11-10-14-6-3-2-4-7-14/h5,8-9,11-12,14,17,21H,2-4,6-7,10,13H2,1H3,(H2,20,24)(H,22,23)/t17-/m0/s1. The summed E-state index contributed by atoms with van der Waals surface area (Å²) < 4.78 is 23.2. The Bertz CT molecular complexity index is 758. The van der Waals surface area contributed by atoms with Gasteiger partial charge in [0.2, 0.25) is 11.8 Å². The van der Waals surface area contributed by atoms with Crippen molar-refractivity contribution in [3.05, 3.63) is 30.7 Å². The zero-order chi connectivity index (χ0) is 19.9. The van der Waals surface area contributed by atoms with E-state index in [2.05, 4.69) is 10.6 Å². The van der Waals surface area contributed by atoms with E-state index in [1.54, 1.807) is 18.6 Å². The number of benzene rings is 1. The Morgan fingerprint density at radius 1 is 1.26 bits per heavy atom. The molecular weight excluding hydrogens is 366 g/mol. The minimum Gasteiger partial charge on any atom is -0.382 e. The minimum absolute atomic E-state index is 0.0750. The molecule has 2 rings (SSSR count). The molecule has 0 spiro atoms. The van der Waals surface area contributed by atoms with Gasteiger partial charge in [-0.05, 0) is 30.5 Å². The second-order valence-corrected chi connectivity index (χ2v) is 9.10. The molecule has 0 bridgehead atoms. The van der Waals surface area contributed by atoms with Gasteiger partial charge in [0.15, 0.2) is 9.84 Å². The van der Waals surface area contributed by atoms with Crippen LogP contribution >= 0.6 is 0 Å². The number of carbonyl (C=O) groups is 2. The van der Waals surface area contributed by atoms with Gasteiger partial charge in [-0.25, -0.2) is 8.42 Å². The molecule has 7 nitrogen and oxygen atoms in total. The Morgan fingerprint density at radius 3 is 2.59 bits per heavy atom.